The van der Waals surface area contributed by atoms with Gasteiger partial charge < -0.3 is 14.2 Å². The van der Waals surface area contributed by atoms with Crippen molar-refractivity contribution in [1.82, 2.24) is 4.98 Å². The molecule has 2 aromatic rings. The fourth-order valence-electron chi connectivity index (χ4n) is 2.73. The molecule has 31 heavy (non-hydrogen) atoms. The van der Waals surface area contributed by atoms with E-state index in [1.54, 1.807) is 27.7 Å². The van der Waals surface area contributed by atoms with Crippen LogP contribution in [0.1, 0.15) is 43.7 Å². The second-order valence-electron chi connectivity index (χ2n) is 7.82. The zero-order valence-electron chi connectivity index (χ0n) is 17.3. The maximum Gasteiger partial charge on any atom is 0.412 e. The van der Waals surface area contributed by atoms with Crippen molar-refractivity contribution in [2.75, 3.05) is 25.1 Å². The molecule has 1 aliphatic rings. The third kappa shape index (κ3) is 4.99. The molecule has 2 heterocycles. The van der Waals surface area contributed by atoms with Crippen molar-refractivity contribution in [1.29, 1.82) is 0 Å². The largest absolute Gasteiger partial charge is 0.461 e. The molecule has 168 valence electrons. The van der Waals surface area contributed by atoms with Crippen molar-refractivity contribution >= 4 is 28.4 Å². The van der Waals surface area contributed by atoms with Crippen LogP contribution in [0.15, 0.2) is 12.1 Å². The predicted octanol–water partition coefficient (Wildman–Crippen LogP) is 4.81. The average Bonchev–Trinajstić information content (AvgIpc) is 3.00. The van der Waals surface area contributed by atoms with E-state index in [1.165, 1.54) is 0 Å². The van der Waals surface area contributed by atoms with Crippen LogP contribution in [0, 0.1) is 11.6 Å². The smallest absolute Gasteiger partial charge is 0.412 e. The summed E-state index contributed by atoms with van der Waals surface area (Å²) in [4.78, 5) is 28.4. The Kier molecular flexibility index (Phi) is 6.28. The predicted molar refractivity (Wildman–Crippen MR) is 107 cm³/mol. The molecule has 3 rings (SSSR count). The van der Waals surface area contributed by atoms with E-state index >= 15 is 0 Å². The molecule has 0 radical (unpaired) electrons. The van der Waals surface area contributed by atoms with E-state index in [2.05, 4.69) is 10.3 Å². The highest BCUT2D eigenvalue weighted by molar-refractivity contribution is 7.19. The van der Waals surface area contributed by atoms with Crippen molar-refractivity contribution < 1.29 is 37.0 Å². The van der Waals surface area contributed by atoms with E-state index in [9.17, 15) is 22.8 Å². The van der Waals surface area contributed by atoms with E-state index in [0.717, 1.165) is 12.1 Å². The number of carbonyl (C=O) groups excluding carboxylic acids is 2. The first-order valence-electron chi connectivity index (χ1n) is 9.38. The van der Waals surface area contributed by atoms with Crippen LogP contribution >= 0.6 is 11.3 Å². The molecule has 0 unspecified atom stereocenters. The second-order valence-corrected chi connectivity index (χ2v) is 8.82. The van der Waals surface area contributed by atoms with Crippen LogP contribution < -0.4 is 5.32 Å². The number of nitrogens with one attached hydrogen (secondary N) is 1. The fraction of sp³-hybridized carbons (Fsp3) is 0.450. The van der Waals surface area contributed by atoms with Gasteiger partial charge in [-0.3, -0.25) is 5.32 Å². The summed E-state index contributed by atoms with van der Waals surface area (Å²) in [5, 5.41) is 2.04. The standard InChI is InChI=1S/C20H21F3N2O5S/c1-5-29-17(26)14-16(25-18(27)30-19(2,3)4)31-15(24-14)13-11(21)6-10(7-12(13)22)20(23)8-28-9-20/h6-7H,5,8-9H2,1-4H3,(H,25,27). The van der Waals surface area contributed by atoms with Crippen LogP contribution in [0.4, 0.5) is 23.0 Å². The summed E-state index contributed by atoms with van der Waals surface area (Å²) in [5.74, 6) is -3.01. The summed E-state index contributed by atoms with van der Waals surface area (Å²) in [5.41, 5.74) is -3.84. The van der Waals surface area contributed by atoms with Gasteiger partial charge in [0.1, 0.15) is 27.2 Å². The number of aromatic nitrogens is 1. The monoisotopic (exact) mass is 458 g/mol. The quantitative estimate of drug-likeness (QED) is 0.648. The van der Waals surface area contributed by atoms with E-state index in [4.69, 9.17) is 14.2 Å². The van der Waals surface area contributed by atoms with Crippen LogP contribution in [-0.4, -0.2) is 42.5 Å². The number of hydrogen-bond donors (Lipinski definition) is 1. The molecule has 0 saturated carbocycles. The van der Waals surface area contributed by atoms with Crippen LogP contribution in [0.5, 0.6) is 0 Å². The van der Waals surface area contributed by atoms with Gasteiger partial charge in [0.2, 0.25) is 0 Å². The van der Waals surface area contributed by atoms with Crippen LogP contribution in [0.25, 0.3) is 10.6 Å². The first-order chi connectivity index (χ1) is 14.4. The van der Waals surface area contributed by atoms with Crippen LogP contribution in [-0.2, 0) is 19.9 Å². The van der Waals surface area contributed by atoms with Gasteiger partial charge in [0.05, 0.1) is 25.4 Å². The number of hydrogen-bond acceptors (Lipinski definition) is 7. The summed E-state index contributed by atoms with van der Waals surface area (Å²) in [6.45, 7) is 5.95. The number of rotatable bonds is 5. The Balaban J connectivity index is 2.00. The molecule has 0 atom stereocenters. The Morgan fingerprint density at radius 3 is 2.35 bits per heavy atom. The van der Waals surface area contributed by atoms with Crippen molar-refractivity contribution in [3.05, 3.63) is 35.0 Å². The lowest BCUT2D eigenvalue weighted by Gasteiger charge is -2.34. The number of nitrogens with zero attached hydrogens (tertiary/aromatic N) is 1. The van der Waals surface area contributed by atoms with Gasteiger partial charge in [-0.1, -0.05) is 11.3 Å². The average molecular weight is 458 g/mol. The number of amides is 1. The first-order valence-corrected chi connectivity index (χ1v) is 10.2. The molecule has 1 aromatic heterocycles. The Morgan fingerprint density at radius 2 is 1.87 bits per heavy atom. The third-order valence-corrected chi connectivity index (χ3v) is 5.13. The lowest BCUT2D eigenvalue weighted by atomic mass is 9.93. The van der Waals surface area contributed by atoms with Crippen molar-refractivity contribution in [3.63, 3.8) is 0 Å². The molecule has 1 saturated heterocycles. The van der Waals surface area contributed by atoms with Gasteiger partial charge >= 0.3 is 12.1 Å². The van der Waals surface area contributed by atoms with E-state index < -0.39 is 40.5 Å². The fourth-order valence-corrected chi connectivity index (χ4v) is 3.72. The topological polar surface area (TPSA) is 86.8 Å². The van der Waals surface area contributed by atoms with Gasteiger partial charge in [-0.05, 0) is 45.4 Å². The highest BCUT2D eigenvalue weighted by atomic mass is 32.1. The minimum atomic E-state index is -1.96. The molecule has 0 spiro atoms. The zero-order valence-corrected chi connectivity index (χ0v) is 18.1. The maximum absolute atomic E-state index is 14.8. The molecule has 0 bridgehead atoms. The third-order valence-electron chi connectivity index (χ3n) is 4.15. The normalized spacial score (nSPS) is 15.2. The lowest BCUT2D eigenvalue weighted by Crippen LogP contribution is -2.42. The van der Waals surface area contributed by atoms with E-state index in [0.29, 0.717) is 11.3 Å². The first kappa shape index (κ1) is 23.0. The number of alkyl halides is 1. The summed E-state index contributed by atoms with van der Waals surface area (Å²) in [7, 11) is 0. The van der Waals surface area contributed by atoms with E-state index in [-0.39, 0.29) is 41.1 Å². The van der Waals surface area contributed by atoms with Crippen LogP contribution in [0.2, 0.25) is 0 Å². The summed E-state index contributed by atoms with van der Waals surface area (Å²) in [6.07, 6.45) is -0.881. The van der Waals surface area contributed by atoms with Gasteiger partial charge in [-0.15, -0.1) is 0 Å². The molecule has 1 amide bonds. The molecule has 11 heteroatoms. The van der Waals surface area contributed by atoms with Crippen molar-refractivity contribution in [3.8, 4) is 10.6 Å². The zero-order chi connectivity index (χ0) is 23.0. The minimum absolute atomic E-state index is 0.0235. The molecule has 1 aliphatic heterocycles. The van der Waals surface area contributed by atoms with Gasteiger partial charge in [-0.2, -0.15) is 0 Å². The highest BCUT2D eigenvalue weighted by Gasteiger charge is 2.42. The highest BCUT2D eigenvalue weighted by Crippen LogP contribution is 2.40. The number of ether oxygens (including phenoxy) is 3. The minimum Gasteiger partial charge on any atom is -0.461 e. The molecule has 0 aliphatic carbocycles. The lowest BCUT2D eigenvalue weighted by molar-refractivity contribution is -0.135. The molecule has 1 fully saturated rings. The number of thiazole rings is 1. The molecule has 1 aromatic carbocycles. The number of anilines is 1. The number of halogens is 3. The van der Waals surface area contributed by atoms with Crippen molar-refractivity contribution in [2.45, 2.75) is 39.0 Å². The number of benzene rings is 1. The number of carbonyl (C=O) groups is 2. The summed E-state index contributed by atoms with van der Waals surface area (Å²) >= 11 is 0.660. The Bertz CT molecular complexity index is 992. The number of esters is 1. The second kappa shape index (κ2) is 8.46. The molecule has 7 nitrogen and oxygen atoms in total. The Labute approximate surface area is 180 Å². The maximum atomic E-state index is 14.8. The van der Waals surface area contributed by atoms with Gasteiger partial charge in [0.15, 0.2) is 11.4 Å². The molecular weight excluding hydrogens is 437 g/mol. The summed E-state index contributed by atoms with van der Waals surface area (Å²) < 4.78 is 58.8. The van der Waals surface area contributed by atoms with Crippen molar-refractivity contribution in [2.24, 2.45) is 0 Å². The van der Waals surface area contributed by atoms with Gasteiger partial charge in [-0.25, -0.2) is 27.7 Å². The Morgan fingerprint density at radius 1 is 1.26 bits per heavy atom. The van der Waals surface area contributed by atoms with Crippen LogP contribution in [0.3, 0.4) is 0 Å². The van der Waals surface area contributed by atoms with Gasteiger partial charge in [0, 0.05) is 0 Å². The SMILES string of the molecule is CCOC(=O)c1nc(-c2c(F)cc(C3(F)COC3)cc2F)sc1NC(=O)OC(C)(C)C. The Hall–Kier alpha value is -2.66. The molecule has 1 N–H and O–H groups in total. The van der Waals surface area contributed by atoms with E-state index in [1.807, 2.05) is 0 Å². The molecular formula is C20H21F3N2O5S. The summed E-state index contributed by atoms with van der Waals surface area (Å²) in [6, 6.07) is 1.74. The van der Waals surface area contributed by atoms with Gasteiger partial charge in [0.25, 0.3) is 0 Å².